The summed E-state index contributed by atoms with van der Waals surface area (Å²) in [6.07, 6.45) is 1.48. The van der Waals surface area contributed by atoms with Crippen molar-refractivity contribution < 1.29 is 0 Å². The van der Waals surface area contributed by atoms with Crippen LogP contribution in [0.1, 0.15) is 5.01 Å². The van der Waals surface area contributed by atoms with Crippen LogP contribution < -0.4 is 10.9 Å². The van der Waals surface area contributed by atoms with Crippen LogP contribution in [0.25, 0.3) is 15.5 Å². The van der Waals surface area contributed by atoms with Gasteiger partial charge in [0.2, 0.25) is 10.1 Å². The number of rotatable bonds is 4. The van der Waals surface area contributed by atoms with Crippen molar-refractivity contribution in [3.8, 4) is 10.6 Å². The van der Waals surface area contributed by atoms with E-state index in [1.54, 1.807) is 0 Å². The van der Waals surface area contributed by atoms with Crippen LogP contribution in [-0.4, -0.2) is 24.8 Å². The maximum Gasteiger partial charge on any atom is 0.275 e. The first-order valence-corrected chi connectivity index (χ1v) is 8.39. The van der Waals surface area contributed by atoms with Crippen molar-refractivity contribution in [2.75, 3.05) is 5.32 Å². The third kappa shape index (κ3) is 2.83. The molecular weight excluding hydrogens is 332 g/mol. The van der Waals surface area contributed by atoms with Gasteiger partial charge in [0.25, 0.3) is 5.56 Å². The fraction of sp³-hybridized carbons (Fsp3) is 0.0714. The largest absolute Gasteiger partial charge is 0.353 e. The monoisotopic (exact) mass is 342 g/mol. The van der Waals surface area contributed by atoms with Gasteiger partial charge in [-0.2, -0.15) is 4.52 Å². The van der Waals surface area contributed by atoms with E-state index in [-0.39, 0.29) is 5.56 Å². The Hall–Kier alpha value is -2.65. The first-order chi connectivity index (χ1) is 11.3. The fourth-order valence-electron chi connectivity index (χ4n) is 1.99. The molecule has 1 N–H and O–H groups in total. The Bertz CT molecular complexity index is 1010. The molecule has 0 amide bonds. The molecule has 0 bridgehead atoms. The SMILES string of the molecule is O=c1ccnc2sc(NCc3nnc(-c4ccccc4)s3)nn12. The standard InChI is InChI=1S/C14H10N6OS2/c21-11-6-7-15-14-20(11)19-13(23-14)16-8-10-17-18-12(22-10)9-4-2-1-3-5-9/h1-7H,8H2,(H,16,19). The lowest BCUT2D eigenvalue weighted by molar-refractivity contribution is 0.892. The molecule has 114 valence electrons. The summed E-state index contributed by atoms with van der Waals surface area (Å²) in [6.45, 7) is 0.499. The summed E-state index contributed by atoms with van der Waals surface area (Å²) in [5.41, 5.74) is 0.855. The van der Waals surface area contributed by atoms with E-state index in [1.165, 1.54) is 39.5 Å². The quantitative estimate of drug-likeness (QED) is 0.612. The number of hydrogen-bond acceptors (Lipinski definition) is 8. The van der Waals surface area contributed by atoms with Crippen LogP contribution >= 0.6 is 22.7 Å². The minimum Gasteiger partial charge on any atom is -0.353 e. The third-order valence-electron chi connectivity index (χ3n) is 3.05. The minimum absolute atomic E-state index is 0.193. The Morgan fingerprint density at radius 3 is 2.78 bits per heavy atom. The van der Waals surface area contributed by atoms with Gasteiger partial charge in [-0.3, -0.25) is 4.79 Å². The number of nitrogens with one attached hydrogen (secondary N) is 1. The van der Waals surface area contributed by atoms with Crippen molar-refractivity contribution in [2.24, 2.45) is 0 Å². The lowest BCUT2D eigenvalue weighted by atomic mass is 10.2. The molecule has 0 aliphatic rings. The van der Waals surface area contributed by atoms with Gasteiger partial charge in [-0.15, -0.1) is 15.3 Å². The van der Waals surface area contributed by atoms with Crippen molar-refractivity contribution in [3.05, 3.63) is 58.0 Å². The second-order valence-corrected chi connectivity index (χ2v) is 6.62. The highest BCUT2D eigenvalue weighted by atomic mass is 32.1. The molecule has 3 heterocycles. The van der Waals surface area contributed by atoms with Gasteiger partial charge in [0, 0.05) is 17.8 Å². The number of aromatic nitrogens is 5. The number of fused-ring (bicyclic) bond motifs is 1. The molecule has 3 aromatic heterocycles. The molecule has 0 radical (unpaired) electrons. The average Bonchev–Trinajstić information content (AvgIpc) is 3.21. The van der Waals surface area contributed by atoms with Crippen molar-refractivity contribution in [3.63, 3.8) is 0 Å². The maximum absolute atomic E-state index is 11.6. The van der Waals surface area contributed by atoms with Gasteiger partial charge in [0.15, 0.2) is 0 Å². The van der Waals surface area contributed by atoms with Gasteiger partial charge in [0.1, 0.15) is 10.0 Å². The molecule has 0 atom stereocenters. The van der Waals surface area contributed by atoms with Crippen LogP contribution in [0.5, 0.6) is 0 Å². The van der Waals surface area contributed by atoms with E-state index in [0.717, 1.165) is 15.6 Å². The molecule has 0 aliphatic carbocycles. The Morgan fingerprint density at radius 1 is 1.09 bits per heavy atom. The van der Waals surface area contributed by atoms with E-state index >= 15 is 0 Å². The normalized spacial score (nSPS) is 11.0. The Labute approximate surface area is 138 Å². The second-order valence-electron chi connectivity index (χ2n) is 4.61. The molecule has 0 aliphatic heterocycles. The zero-order valence-corrected chi connectivity index (χ0v) is 13.3. The highest BCUT2D eigenvalue weighted by Gasteiger charge is 2.09. The Morgan fingerprint density at radius 2 is 1.96 bits per heavy atom. The summed E-state index contributed by atoms with van der Waals surface area (Å²) >= 11 is 2.84. The molecule has 0 fully saturated rings. The van der Waals surface area contributed by atoms with Gasteiger partial charge in [0.05, 0.1) is 6.54 Å². The van der Waals surface area contributed by atoms with Crippen LogP contribution in [0.4, 0.5) is 5.13 Å². The molecule has 0 saturated heterocycles. The van der Waals surface area contributed by atoms with E-state index in [2.05, 4.69) is 25.6 Å². The van der Waals surface area contributed by atoms with Crippen molar-refractivity contribution in [1.82, 2.24) is 24.8 Å². The molecule has 0 saturated carbocycles. The van der Waals surface area contributed by atoms with E-state index in [1.807, 2.05) is 30.3 Å². The summed E-state index contributed by atoms with van der Waals surface area (Å²) in [6, 6.07) is 11.3. The Kier molecular flexibility index (Phi) is 3.56. The molecule has 9 heteroatoms. The fourth-order valence-corrected chi connectivity index (χ4v) is 3.54. The predicted octanol–water partition coefficient (Wildman–Crippen LogP) is 2.28. The number of hydrogen-bond donors (Lipinski definition) is 1. The molecule has 0 unspecified atom stereocenters. The molecular formula is C14H10N6OS2. The van der Waals surface area contributed by atoms with Crippen LogP contribution in [-0.2, 0) is 6.54 Å². The van der Waals surface area contributed by atoms with Gasteiger partial charge in [-0.1, -0.05) is 53.0 Å². The summed E-state index contributed by atoms with van der Waals surface area (Å²) in [4.78, 5) is 16.3. The van der Waals surface area contributed by atoms with Gasteiger partial charge in [-0.05, 0) is 0 Å². The molecule has 0 spiro atoms. The highest BCUT2D eigenvalue weighted by molar-refractivity contribution is 7.20. The summed E-state index contributed by atoms with van der Waals surface area (Å²) < 4.78 is 1.28. The van der Waals surface area contributed by atoms with Gasteiger partial charge >= 0.3 is 0 Å². The molecule has 23 heavy (non-hydrogen) atoms. The van der Waals surface area contributed by atoms with Crippen LogP contribution in [0.15, 0.2) is 47.4 Å². The summed E-state index contributed by atoms with van der Waals surface area (Å²) in [5.74, 6) is 0. The van der Waals surface area contributed by atoms with E-state index in [0.29, 0.717) is 16.6 Å². The van der Waals surface area contributed by atoms with E-state index < -0.39 is 0 Å². The number of nitrogens with zero attached hydrogens (tertiary/aromatic N) is 5. The van der Waals surface area contributed by atoms with Crippen molar-refractivity contribution in [1.29, 1.82) is 0 Å². The van der Waals surface area contributed by atoms with Crippen LogP contribution in [0.3, 0.4) is 0 Å². The number of anilines is 1. The van der Waals surface area contributed by atoms with Gasteiger partial charge < -0.3 is 5.32 Å². The topological polar surface area (TPSA) is 85.1 Å². The van der Waals surface area contributed by atoms with Gasteiger partial charge in [-0.25, -0.2) is 4.98 Å². The molecule has 1 aromatic carbocycles. The van der Waals surface area contributed by atoms with E-state index in [9.17, 15) is 4.79 Å². The zero-order chi connectivity index (χ0) is 15.6. The number of benzene rings is 1. The lowest BCUT2D eigenvalue weighted by Crippen LogP contribution is -2.12. The zero-order valence-electron chi connectivity index (χ0n) is 11.7. The van der Waals surface area contributed by atoms with Crippen molar-refractivity contribution in [2.45, 2.75) is 6.54 Å². The molecule has 4 aromatic rings. The summed E-state index contributed by atoms with van der Waals surface area (Å²) in [7, 11) is 0. The first-order valence-electron chi connectivity index (χ1n) is 6.76. The smallest absolute Gasteiger partial charge is 0.275 e. The first kappa shape index (κ1) is 14.0. The molecule has 7 nitrogen and oxygen atoms in total. The third-order valence-corrected chi connectivity index (χ3v) is 4.90. The van der Waals surface area contributed by atoms with Crippen molar-refractivity contribution >= 4 is 32.8 Å². The van der Waals surface area contributed by atoms with Crippen LogP contribution in [0, 0.1) is 0 Å². The molecule has 4 rings (SSSR count). The predicted molar refractivity (Wildman–Crippen MR) is 89.8 cm³/mol. The second kappa shape index (κ2) is 5.86. The highest BCUT2D eigenvalue weighted by Crippen LogP contribution is 2.24. The maximum atomic E-state index is 11.6. The Balaban J connectivity index is 1.51. The minimum atomic E-state index is -0.193. The van der Waals surface area contributed by atoms with Crippen LogP contribution in [0.2, 0.25) is 0 Å². The average molecular weight is 342 g/mol. The van der Waals surface area contributed by atoms with E-state index in [4.69, 9.17) is 0 Å². The lowest BCUT2D eigenvalue weighted by Gasteiger charge is -1.96. The summed E-state index contributed by atoms with van der Waals surface area (Å²) in [5, 5.41) is 18.1.